The maximum atomic E-state index is 11.1. The van der Waals surface area contributed by atoms with Gasteiger partial charge in [-0.1, -0.05) is 0 Å². The number of aromatic nitrogens is 1. The molecule has 0 aliphatic carbocycles. The van der Waals surface area contributed by atoms with E-state index in [0.717, 1.165) is 19.5 Å². The molecule has 0 radical (unpaired) electrons. The highest BCUT2D eigenvalue weighted by atomic mass is 16.4. The van der Waals surface area contributed by atoms with Gasteiger partial charge in [-0.3, -0.25) is 4.79 Å². The van der Waals surface area contributed by atoms with Gasteiger partial charge in [0.05, 0.1) is 0 Å². The fraction of sp³-hybridized carbons (Fsp3) is 0.500. The molecule has 1 fully saturated rings. The zero-order valence-corrected chi connectivity index (χ0v) is 7.41. The van der Waals surface area contributed by atoms with Gasteiger partial charge in [0.1, 0.15) is 6.26 Å². The lowest BCUT2D eigenvalue weighted by atomic mass is 10.2. The molecule has 1 N–H and O–H groups in total. The van der Waals surface area contributed by atoms with Crippen LogP contribution in [0.5, 0.6) is 0 Å². The minimum Gasteiger partial charge on any atom is -0.431 e. The highest BCUT2D eigenvalue weighted by Gasteiger charge is 2.20. The molecule has 5 heteroatoms. The Kier molecular flexibility index (Phi) is 1.92. The van der Waals surface area contributed by atoms with E-state index in [9.17, 15) is 4.79 Å². The van der Waals surface area contributed by atoms with Gasteiger partial charge in [0.15, 0.2) is 5.69 Å². The third-order valence-corrected chi connectivity index (χ3v) is 2.08. The van der Waals surface area contributed by atoms with Crippen LogP contribution in [0.2, 0.25) is 0 Å². The van der Waals surface area contributed by atoms with Crippen LogP contribution < -0.4 is 10.2 Å². The number of hydrogen-bond donors (Lipinski definition) is 1. The van der Waals surface area contributed by atoms with E-state index < -0.39 is 0 Å². The molecule has 1 aliphatic heterocycles. The summed E-state index contributed by atoms with van der Waals surface area (Å²) >= 11 is 0. The summed E-state index contributed by atoms with van der Waals surface area (Å²) in [6.45, 7) is 1.93. The monoisotopic (exact) mass is 181 g/mol. The highest BCUT2D eigenvalue weighted by molar-refractivity contribution is 5.91. The Morgan fingerprint density at radius 2 is 2.46 bits per heavy atom. The number of oxazole rings is 1. The Bertz CT molecular complexity index is 317. The predicted octanol–water partition coefficient (Wildman–Crippen LogP) is 0.244. The van der Waals surface area contributed by atoms with Crippen molar-refractivity contribution in [3.05, 3.63) is 12.0 Å². The summed E-state index contributed by atoms with van der Waals surface area (Å²) in [5.74, 6) is -0.212. The van der Waals surface area contributed by atoms with Crippen molar-refractivity contribution in [1.82, 2.24) is 10.3 Å². The van der Waals surface area contributed by atoms with Crippen molar-refractivity contribution in [2.45, 2.75) is 6.42 Å². The van der Waals surface area contributed by atoms with Crippen molar-refractivity contribution in [3.63, 3.8) is 0 Å². The highest BCUT2D eigenvalue weighted by Crippen LogP contribution is 2.18. The molecule has 2 rings (SSSR count). The number of amides is 1. The quantitative estimate of drug-likeness (QED) is 0.710. The van der Waals surface area contributed by atoms with Gasteiger partial charge in [-0.05, 0) is 6.42 Å². The van der Waals surface area contributed by atoms with Gasteiger partial charge >= 0.3 is 0 Å². The Labute approximate surface area is 75.7 Å². The number of nitrogens with one attached hydrogen (secondary N) is 1. The maximum absolute atomic E-state index is 11.1. The van der Waals surface area contributed by atoms with Gasteiger partial charge in [-0.15, -0.1) is 0 Å². The number of anilines is 1. The number of nitrogens with zero attached hydrogens (tertiary/aromatic N) is 2. The lowest BCUT2D eigenvalue weighted by molar-refractivity contribution is 0.0958. The minimum atomic E-state index is -0.212. The van der Waals surface area contributed by atoms with E-state index in [1.165, 1.54) is 6.26 Å². The zero-order valence-electron chi connectivity index (χ0n) is 7.41. The number of carbonyl (C=O) groups is 1. The van der Waals surface area contributed by atoms with Gasteiger partial charge in [0.25, 0.3) is 11.9 Å². The zero-order chi connectivity index (χ0) is 9.26. The Morgan fingerprint density at radius 1 is 1.69 bits per heavy atom. The fourth-order valence-corrected chi connectivity index (χ4v) is 1.15. The van der Waals surface area contributed by atoms with Crippen LogP contribution in [-0.2, 0) is 0 Å². The second-order valence-corrected chi connectivity index (χ2v) is 2.94. The molecule has 0 aromatic carbocycles. The molecule has 0 spiro atoms. The van der Waals surface area contributed by atoms with Crippen molar-refractivity contribution in [2.75, 3.05) is 25.0 Å². The first kappa shape index (κ1) is 8.10. The molecule has 0 bridgehead atoms. The molecule has 0 saturated carbocycles. The molecule has 1 aliphatic rings. The molecule has 0 atom stereocenters. The van der Waals surface area contributed by atoms with Crippen LogP contribution in [0, 0.1) is 0 Å². The first-order valence-corrected chi connectivity index (χ1v) is 4.24. The minimum absolute atomic E-state index is 0.212. The largest absolute Gasteiger partial charge is 0.431 e. The Morgan fingerprint density at radius 3 is 3.00 bits per heavy atom. The average molecular weight is 181 g/mol. The number of hydrogen-bond acceptors (Lipinski definition) is 4. The summed E-state index contributed by atoms with van der Waals surface area (Å²) in [4.78, 5) is 17.1. The smallest absolute Gasteiger partial charge is 0.297 e. The lowest BCUT2D eigenvalue weighted by Crippen LogP contribution is -2.37. The molecular formula is C8H11N3O2. The van der Waals surface area contributed by atoms with E-state index in [-0.39, 0.29) is 5.91 Å². The topological polar surface area (TPSA) is 58.4 Å². The van der Waals surface area contributed by atoms with Crippen LogP contribution in [0.3, 0.4) is 0 Å². The lowest BCUT2D eigenvalue weighted by Gasteiger charge is -2.28. The van der Waals surface area contributed by atoms with Crippen LogP contribution in [0.1, 0.15) is 16.9 Å². The van der Waals surface area contributed by atoms with Crippen molar-refractivity contribution >= 4 is 11.9 Å². The summed E-state index contributed by atoms with van der Waals surface area (Å²) in [6, 6.07) is 0.546. The second-order valence-electron chi connectivity index (χ2n) is 2.94. The van der Waals surface area contributed by atoms with Gasteiger partial charge in [-0.25, -0.2) is 0 Å². The van der Waals surface area contributed by atoms with Gasteiger partial charge in [0.2, 0.25) is 0 Å². The van der Waals surface area contributed by atoms with Gasteiger partial charge in [0, 0.05) is 20.1 Å². The van der Waals surface area contributed by atoms with E-state index in [4.69, 9.17) is 4.42 Å². The van der Waals surface area contributed by atoms with Crippen molar-refractivity contribution in [3.8, 4) is 0 Å². The van der Waals surface area contributed by atoms with E-state index in [0.29, 0.717) is 11.7 Å². The van der Waals surface area contributed by atoms with Crippen LogP contribution in [0.15, 0.2) is 10.7 Å². The second kappa shape index (κ2) is 3.08. The molecule has 5 nitrogen and oxygen atoms in total. The summed E-state index contributed by atoms with van der Waals surface area (Å²) in [6.07, 6.45) is 2.55. The van der Waals surface area contributed by atoms with E-state index in [1.807, 2.05) is 4.90 Å². The van der Waals surface area contributed by atoms with Crippen LogP contribution in [0.4, 0.5) is 6.01 Å². The van der Waals surface area contributed by atoms with Gasteiger partial charge in [-0.2, -0.15) is 4.98 Å². The van der Waals surface area contributed by atoms with Crippen LogP contribution in [-0.4, -0.2) is 31.0 Å². The molecule has 1 saturated heterocycles. The maximum Gasteiger partial charge on any atom is 0.297 e. The molecule has 1 aromatic rings. The summed E-state index contributed by atoms with van der Waals surface area (Å²) < 4.78 is 5.15. The predicted molar refractivity (Wildman–Crippen MR) is 46.7 cm³/mol. The van der Waals surface area contributed by atoms with Crippen molar-refractivity contribution in [2.24, 2.45) is 0 Å². The van der Waals surface area contributed by atoms with E-state index >= 15 is 0 Å². The van der Waals surface area contributed by atoms with Crippen LogP contribution >= 0.6 is 0 Å². The van der Waals surface area contributed by atoms with Crippen molar-refractivity contribution < 1.29 is 9.21 Å². The third kappa shape index (κ3) is 1.37. The molecule has 0 unspecified atom stereocenters. The summed E-state index contributed by atoms with van der Waals surface area (Å²) in [5.41, 5.74) is 0.337. The number of carbonyl (C=O) groups excluding carboxylic acids is 1. The summed E-state index contributed by atoms with van der Waals surface area (Å²) in [5, 5.41) is 2.49. The standard InChI is InChI=1S/C8H11N3O2/c1-9-7(12)6-5-13-8(10-6)11-3-2-4-11/h5H,2-4H2,1H3,(H,9,12). The SMILES string of the molecule is CNC(=O)c1coc(N2CCC2)n1. The molecule has 2 heterocycles. The summed E-state index contributed by atoms with van der Waals surface area (Å²) in [7, 11) is 1.57. The van der Waals surface area contributed by atoms with E-state index in [2.05, 4.69) is 10.3 Å². The molecule has 13 heavy (non-hydrogen) atoms. The average Bonchev–Trinajstić information content (AvgIpc) is 2.49. The molecule has 1 amide bonds. The normalized spacial score (nSPS) is 15.3. The van der Waals surface area contributed by atoms with Crippen LogP contribution in [0.25, 0.3) is 0 Å². The Balaban J connectivity index is 2.12. The Hall–Kier alpha value is -1.52. The fourth-order valence-electron chi connectivity index (χ4n) is 1.15. The molecule has 70 valence electrons. The molecular weight excluding hydrogens is 170 g/mol. The number of rotatable bonds is 2. The van der Waals surface area contributed by atoms with Gasteiger partial charge < -0.3 is 14.6 Å². The van der Waals surface area contributed by atoms with E-state index in [1.54, 1.807) is 7.05 Å². The third-order valence-electron chi connectivity index (χ3n) is 2.08. The first-order valence-electron chi connectivity index (χ1n) is 4.24. The first-order chi connectivity index (χ1) is 6.31. The van der Waals surface area contributed by atoms with Crippen molar-refractivity contribution in [1.29, 1.82) is 0 Å². The molecule has 1 aromatic heterocycles.